The zero-order valence-corrected chi connectivity index (χ0v) is 19.1. The molecule has 8 heteroatoms. The van der Waals surface area contributed by atoms with Gasteiger partial charge >= 0.3 is 5.97 Å². The largest absolute Gasteiger partial charge is 0.497 e. The third-order valence-corrected chi connectivity index (χ3v) is 5.43. The fourth-order valence-electron chi connectivity index (χ4n) is 3.48. The van der Waals surface area contributed by atoms with E-state index in [1.807, 2.05) is 36.4 Å². The van der Waals surface area contributed by atoms with Crippen LogP contribution < -0.4 is 10.1 Å². The molecule has 31 heavy (non-hydrogen) atoms. The van der Waals surface area contributed by atoms with Crippen LogP contribution in [-0.2, 0) is 19.1 Å². The van der Waals surface area contributed by atoms with Crippen LogP contribution in [0.25, 0.3) is 0 Å². The molecule has 0 aliphatic carbocycles. The molecule has 2 aromatic rings. The molecule has 1 N–H and O–H groups in total. The number of carbonyl (C=O) groups excluding carboxylic acids is 3. The van der Waals surface area contributed by atoms with Crippen molar-refractivity contribution >= 4 is 39.3 Å². The lowest BCUT2D eigenvalue weighted by molar-refractivity contribution is -0.149. The first-order valence-corrected chi connectivity index (χ1v) is 10.5. The number of likely N-dealkylation sites (tertiary alicyclic amines) is 1. The van der Waals surface area contributed by atoms with E-state index in [2.05, 4.69) is 21.2 Å². The Morgan fingerprint density at radius 2 is 1.74 bits per heavy atom. The van der Waals surface area contributed by atoms with Crippen LogP contribution in [0.3, 0.4) is 0 Å². The van der Waals surface area contributed by atoms with Gasteiger partial charge in [0.15, 0.2) is 0 Å². The first kappa shape index (κ1) is 22.6. The molecule has 3 rings (SSSR count). The summed E-state index contributed by atoms with van der Waals surface area (Å²) in [6.45, 7) is 3.32. The molecular formula is C23H23BrN2O5. The maximum Gasteiger partial charge on any atom is 0.325 e. The predicted octanol–water partition coefficient (Wildman–Crippen LogP) is 3.86. The van der Waals surface area contributed by atoms with E-state index in [1.54, 1.807) is 33.1 Å². The van der Waals surface area contributed by atoms with Gasteiger partial charge in [0.2, 0.25) is 0 Å². The Labute approximate surface area is 189 Å². The number of ketones is 1. The summed E-state index contributed by atoms with van der Waals surface area (Å²) in [4.78, 5) is 39.2. The van der Waals surface area contributed by atoms with Crippen LogP contribution in [0.4, 0.5) is 5.69 Å². The van der Waals surface area contributed by atoms with Crippen LogP contribution in [0, 0.1) is 0 Å². The van der Waals surface area contributed by atoms with Gasteiger partial charge in [-0.15, -0.1) is 0 Å². The van der Waals surface area contributed by atoms with Crippen LogP contribution in [0.2, 0.25) is 0 Å². The molecule has 0 aromatic heterocycles. The molecule has 0 saturated carbocycles. The number of nitrogens with one attached hydrogen (secondary N) is 1. The van der Waals surface area contributed by atoms with Crippen molar-refractivity contribution < 1.29 is 23.9 Å². The fraction of sp³-hybridized carbons (Fsp3) is 0.261. The van der Waals surface area contributed by atoms with Gasteiger partial charge in [-0.25, -0.2) is 0 Å². The maximum absolute atomic E-state index is 13.0. The summed E-state index contributed by atoms with van der Waals surface area (Å²) in [6.07, 6.45) is 0. The molecule has 162 valence electrons. The Bertz CT molecular complexity index is 1020. The molecule has 1 saturated heterocycles. The Morgan fingerprint density at radius 3 is 2.32 bits per heavy atom. The first-order valence-electron chi connectivity index (χ1n) is 9.74. The fourth-order valence-corrected chi connectivity index (χ4v) is 3.74. The van der Waals surface area contributed by atoms with Gasteiger partial charge in [-0.2, -0.15) is 0 Å². The minimum atomic E-state index is -0.730. The van der Waals surface area contributed by atoms with Gasteiger partial charge in [0.05, 0.1) is 25.3 Å². The summed E-state index contributed by atoms with van der Waals surface area (Å²) < 4.78 is 11.0. The monoisotopic (exact) mass is 486 g/mol. The summed E-state index contributed by atoms with van der Waals surface area (Å²) in [5.41, 5.74) is 2.29. The molecule has 1 heterocycles. The van der Waals surface area contributed by atoms with Crippen molar-refractivity contribution in [1.29, 1.82) is 0 Å². The average Bonchev–Trinajstić information content (AvgIpc) is 3.00. The van der Waals surface area contributed by atoms with E-state index < -0.39 is 23.7 Å². The molecule has 7 nitrogen and oxygen atoms in total. The van der Waals surface area contributed by atoms with E-state index in [-0.39, 0.29) is 13.2 Å². The van der Waals surface area contributed by atoms with Gasteiger partial charge < -0.3 is 19.7 Å². The van der Waals surface area contributed by atoms with E-state index >= 15 is 0 Å². The van der Waals surface area contributed by atoms with E-state index in [4.69, 9.17) is 9.47 Å². The molecule has 0 radical (unpaired) electrons. The van der Waals surface area contributed by atoms with Crippen LogP contribution in [0.15, 0.2) is 64.3 Å². The van der Waals surface area contributed by atoms with Crippen LogP contribution in [0.1, 0.15) is 25.5 Å². The molecule has 1 unspecified atom stereocenters. The highest BCUT2D eigenvalue weighted by Gasteiger charge is 2.45. The van der Waals surface area contributed by atoms with Crippen molar-refractivity contribution in [2.45, 2.75) is 19.9 Å². The first-order chi connectivity index (χ1) is 14.8. The number of hydrogen-bond acceptors (Lipinski definition) is 6. The molecule has 1 atom stereocenters. The van der Waals surface area contributed by atoms with Crippen molar-refractivity contribution in [1.82, 2.24) is 4.90 Å². The lowest BCUT2D eigenvalue weighted by Gasteiger charge is -2.25. The summed E-state index contributed by atoms with van der Waals surface area (Å²) in [6, 6.07) is 13.8. The minimum absolute atomic E-state index is 0.193. The maximum atomic E-state index is 13.0. The number of carbonyl (C=O) groups is 3. The second-order valence-corrected chi connectivity index (χ2v) is 7.83. The molecule has 1 aliphatic rings. The number of ether oxygens (including phenoxy) is 2. The minimum Gasteiger partial charge on any atom is -0.497 e. The Morgan fingerprint density at radius 1 is 1.10 bits per heavy atom. The number of amides is 1. The molecule has 1 aliphatic heterocycles. The van der Waals surface area contributed by atoms with E-state index in [0.717, 1.165) is 15.7 Å². The molecule has 0 bridgehead atoms. The average molecular weight is 487 g/mol. The highest BCUT2D eigenvalue weighted by Crippen LogP contribution is 2.38. The lowest BCUT2D eigenvalue weighted by Crippen LogP contribution is -2.35. The van der Waals surface area contributed by atoms with Gasteiger partial charge in [-0.05, 0) is 55.8 Å². The number of rotatable bonds is 7. The zero-order valence-electron chi connectivity index (χ0n) is 17.5. The Kier molecular flexibility index (Phi) is 7.12. The van der Waals surface area contributed by atoms with E-state index in [9.17, 15) is 14.4 Å². The quantitative estimate of drug-likeness (QED) is 0.363. The van der Waals surface area contributed by atoms with E-state index in [1.165, 1.54) is 4.90 Å². The third-order valence-electron chi connectivity index (χ3n) is 4.90. The van der Waals surface area contributed by atoms with Crippen LogP contribution in [-0.4, -0.2) is 42.8 Å². The number of esters is 1. The summed E-state index contributed by atoms with van der Waals surface area (Å²) in [5.74, 6) is -1.23. The molecule has 0 spiro atoms. The van der Waals surface area contributed by atoms with Gasteiger partial charge in [0, 0.05) is 15.9 Å². The van der Waals surface area contributed by atoms with Crippen molar-refractivity contribution in [3.63, 3.8) is 0 Å². The topological polar surface area (TPSA) is 84.9 Å². The SMILES string of the molecule is CCOC(=O)CN1C(=O)C(=O)/C(=C(/C)Nc2ccc(OC)cc2)C1c1ccc(Br)cc1. The predicted molar refractivity (Wildman–Crippen MR) is 120 cm³/mol. The molecular weight excluding hydrogens is 464 g/mol. The lowest BCUT2D eigenvalue weighted by atomic mass is 9.97. The Hall–Kier alpha value is -3.13. The molecule has 2 aromatic carbocycles. The second-order valence-electron chi connectivity index (χ2n) is 6.91. The number of halogens is 1. The summed E-state index contributed by atoms with van der Waals surface area (Å²) >= 11 is 3.40. The zero-order chi connectivity index (χ0) is 22.5. The number of methoxy groups -OCH3 is 1. The van der Waals surface area contributed by atoms with Gasteiger partial charge in [0.25, 0.3) is 11.7 Å². The second kappa shape index (κ2) is 9.78. The standard InChI is InChI=1S/C23H23BrN2O5/c1-4-31-19(27)13-26-21(15-5-7-16(24)8-6-15)20(22(28)23(26)29)14(2)25-17-9-11-18(30-3)12-10-17/h5-12,21,25H,4,13H2,1-3H3/b20-14-. The molecule has 1 fully saturated rings. The Balaban J connectivity index is 2.02. The number of hydrogen-bond donors (Lipinski definition) is 1. The number of nitrogens with zero attached hydrogens (tertiary/aromatic N) is 1. The third kappa shape index (κ3) is 4.96. The number of allylic oxidation sites excluding steroid dienone is 1. The summed E-state index contributed by atoms with van der Waals surface area (Å²) in [7, 11) is 1.58. The van der Waals surface area contributed by atoms with Gasteiger partial charge in [-0.3, -0.25) is 14.4 Å². The van der Waals surface area contributed by atoms with Crippen molar-refractivity contribution in [3.05, 3.63) is 69.8 Å². The smallest absolute Gasteiger partial charge is 0.325 e. The van der Waals surface area contributed by atoms with E-state index in [0.29, 0.717) is 17.0 Å². The molecule has 1 amide bonds. The van der Waals surface area contributed by atoms with Crippen LogP contribution >= 0.6 is 15.9 Å². The highest BCUT2D eigenvalue weighted by molar-refractivity contribution is 9.10. The van der Waals surface area contributed by atoms with Crippen molar-refractivity contribution in [2.75, 3.05) is 25.6 Å². The normalized spacial score (nSPS) is 17.5. The van der Waals surface area contributed by atoms with Gasteiger partial charge in [-0.1, -0.05) is 28.1 Å². The summed E-state index contributed by atoms with van der Waals surface area (Å²) in [5, 5.41) is 3.20. The van der Waals surface area contributed by atoms with Gasteiger partial charge in [0.1, 0.15) is 12.3 Å². The van der Waals surface area contributed by atoms with Crippen molar-refractivity contribution in [3.8, 4) is 5.75 Å². The van der Waals surface area contributed by atoms with Crippen molar-refractivity contribution in [2.24, 2.45) is 0 Å². The number of benzene rings is 2. The highest BCUT2D eigenvalue weighted by atomic mass is 79.9. The van der Waals surface area contributed by atoms with Crippen LogP contribution in [0.5, 0.6) is 5.75 Å². The number of anilines is 1. The number of Topliss-reactive ketones (excluding diaryl/α,β-unsaturated/α-hetero) is 1.